The first kappa shape index (κ1) is 26.0. The van der Waals surface area contributed by atoms with Crippen molar-refractivity contribution in [2.75, 3.05) is 13.2 Å². The molecule has 31 heavy (non-hydrogen) atoms. The summed E-state index contributed by atoms with van der Waals surface area (Å²) < 4.78 is 18.7. The Morgan fingerprint density at radius 3 is 2.42 bits per heavy atom. The van der Waals surface area contributed by atoms with Crippen molar-refractivity contribution in [3.8, 4) is 0 Å². The molecule has 0 aliphatic carbocycles. The van der Waals surface area contributed by atoms with E-state index in [-0.39, 0.29) is 36.2 Å². The number of benzene rings is 1. The first-order chi connectivity index (χ1) is 14.3. The lowest BCUT2D eigenvalue weighted by molar-refractivity contribution is -0.191. The molecule has 0 aromatic heterocycles. The highest BCUT2D eigenvalue weighted by atomic mass is 28.4. The average molecular weight is 453 g/mol. The van der Waals surface area contributed by atoms with E-state index < -0.39 is 25.9 Å². The number of carbonyl (C=O) groups excluding carboxylic acids is 1. The highest BCUT2D eigenvalue weighted by molar-refractivity contribution is 6.74. The highest BCUT2D eigenvalue weighted by Gasteiger charge is 2.48. The summed E-state index contributed by atoms with van der Waals surface area (Å²) in [5.74, 6) is -0.369. The van der Waals surface area contributed by atoms with Crippen molar-refractivity contribution in [2.24, 2.45) is 5.41 Å². The summed E-state index contributed by atoms with van der Waals surface area (Å²) in [6, 6.07) is 8.94. The first-order valence-electron chi connectivity index (χ1n) is 11.1. The molecule has 4 atom stereocenters. The molecule has 0 spiro atoms. The molecule has 0 bridgehead atoms. The molecule has 0 saturated carbocycles. The lowest BCUT2D eigenvalue weighted by atomic mass is 9.74. The van der Waals surface area contributed by atoms with Gasteiger partial charge in [0.1, 0.15) is 6.10 Å². The summed E-state index contributed by atoms with van der Waals surface area (Å²) in [7, 11) is -1.97. The molecule has 1 fully saturated rings. The number of esters is 1. The fourth-order valence-electron chi connectivity index (χ4n) is 3.49. The molecule has 6 nitrogen and oxygen atoms in total. The number of rotatable bonds is 8. The van der Waals surface area contributed by atoms with E-state index in [2.05, 4.69) is 33.9 Å². The van der Waals surface area contributed by atoms with Gasteiger partial charge in [0.25, 0.3) is 0 Å². The summed E-state index contributed by atoms with van der Waals surface area (Å²) >= 11 is 0. The van der Waals surface area contributed by atoms with Gasteiger partial charge in [-0.2, -0.15) is 0 Å². The molecule has 1 aliphatic heterocycles. The van der Waals surface area contributed by atoms with Gasteiger partial charge >= 0.3 is 5.97 Å². The molecule has 0 unspecified atom stereocenters. The van der Waals surface area contributed by atoms with Gasteiger partial charge in [-0.3, -0.25) is 0 Å². The number of aliphatic hydroxyl groups excluding tert-OH is 2. The van der Waals surface area contributed by atoms with Gasteiger partial charge in [-0.1, -0.05) is 52.8 Å². The van der Waals surface area contributed by atoms with E-state index in [1.165, 1.54) is 0 Å². The molecule has 0 amide bonds. The molecule has 7 heteroatoms. The number of aliphatic hydroxyl groups is 2. The lowest BCUT2D eigenvalue weighted by Crippen LogP contribution is -2.55. The molecule has 1 saturated heterocycles. The zero-order valence-corrected chi connectivity index (χ0v) is 21.1. The number of hydrogen-bond acceptors (Lipinski definition) is 6. The van der Waals surface area contributed by atoms with E-state index in [9.17, 15) is 15.0 Å². The van der Waals surface area contributed by atoms with Crippen LogP contribution in [-0.2, 0) is 13.9 Å². The molecule has 2 N–H and O–H groups in total. The fraction of sp³-hybridized carbons (Fsp3) is 0.708. The molecular formula is C24H40O6Si. The summed E-state index contributed by atoms with van der Waals surface area (Å²) in [4.78, 5) is 12.8. The maximum absolute atomic E-state index is 12.8. The maximum atomic E-state index is 12.8. The second kappa shape index (κ2) is 10.1. The second-order valence-electron chi connectivity index (χ2n) is 10.7. The summed E-state index contributed by atoms with van der Waals surface area (Å²) in [5.41, 5.74) is -0.0283. The number of carbonyl (C=O) groups is 1. The standard InChI is InChI=1S/C24H40O6Si/c1-23(2,3)31(6,7)28-16-19-14-21(30-22(27)17-11-9-8-10-12-17)24(4,5)20(29-19)13-18(26)15-25/h8-12,18-21,25-26H,13-16H2,1-7H3/t18-,19+,20-,21-/m1/s1. The van der Waals surface area contributed by atoms with E-state index in [0.29, 0.717) is 18.6 Å². The molecule has 1 aliphatic rings. The van der Waals surface area contributed by atoms with E-state index in [0.717, 1.165) is 0 Å². The largest absolute Gasteiger partial charge is 0.458 e. The Hall–Kier alpha value is -1.25. The van der Waals surface area contributed by atoms with Crippen LogP contribution in [0.1, 0.15) is 57.8 Å². The Kier molecular flexibility index (Phi) is 8.50. The van der Waals surface area contributed by atoms with Crippen molar-refractivity contribution in [3.05, 3.63) is 35.9 Å². The van der Waals surface area contributed by atoms with Crippen LogP contribution in [0.3, 0.4) is 0 Å². The average Bonchev–Trinajstić information content (AvgIpc) is 2.69. The van der Waals surface area contributed by atoms with Crippen molar-refractivity contribution in [1.82, 2.24) is 0 Å². The molecule has 2 rings (SSSR count). The predicted octanol–water partition coefficient (Wildman–Crippen LogP) is 4.16. The predicted molar refractivity (Wildman–Crippen MR) is 124 cm³/mol. The van der Waals surface area contributed by atoms with Crippen molar-refractivity contribution in [3.63, 3.8) is 0 Å². The van der Waals surface area contributed by atoms with Gasteiger partial charge in [-0.15, -0.1) is 0 Å². The maximum Gasteiger partial charge on any atom is 0.338 e. The van der Waals surface area contributed by atoms with Crippen molar-refractivity contribution < 1.29 is 28.9 Å². The number of ether oxygens (including phenoxy) is 2. The van der Waals surface area contributed by atoms with Crippen LogP contribution < -0.4 is 0 Å². The van der Waals surface area contributed by atoms with E-state index >= 15 is 0 Å². The molecule has 1 aromatic rings. The van der Waals surface area contributed by atoms with Crippen LogP contribution in [0.15, 0.2) is 30.3 Å². The molecular weight excluding hydrogens is 412 g/mol. The Morgan fingerprint density at radius 2 is 1.87 bits per heavy atom. The first-order valence-corrected chi connectivity index (χ1v) is 14.0. The van der Waals surface area contributed by atoms with Crippen LogP contribution in [0.25, 0.3) is 0 Å². The molecule has 0 radical (unpaired) electrons. The third-order valence-corrected chi connectivity index (χ3v) is 11.4. The van der Waals surface area contributed by atoms with E-state index in [4.69, 9.17) is 13.9 Å². The van der Waals surface area contributed by atoms with Crippen LogP contribution in [0.2, 0.25) is 18.1 Å². The minimum absolute atomic E-state index is 0.0760. The van der Waals surface area contributed by atoms with Crippen LogP contribution in [0.5, 0.6) is 0 Å². The number of hydrogen-bond donors (Lipinski definition) is 2. The molecule has 1 aromatic carbocycles. The van der Waals surface area contributed by atoms with Crippen LogP contribution in [0, 0.1) is 5.41 Å². The third-order valence-electron chi connectivity index (χ3n) is 6.89. The van der Waals surface area contributed by atoms with Gasteiger partial charge < -0.3 is 24.1 Å². The van der Waals surface area contributed by atoms with Crippen molar-refractivity contribution in [2.45, 2.75) is 90.0 Å². The Morgan fingerprint density at radius 1 is 1.26 bits per heavy atom. The van der Waals surface area contributed by atoms with Crippen LogP contribution in [-0.4, -0.2) is 62.1 Å². The Bertz CT molecular complexity index is 713. The fourth-order valence-corrected chi connectivity index (χ4v) is 4.53. The summed E-state index contributed by atoms with van der Waals surface area (Å²) in [5, 5.41) is 19.5. The van der Waals surface area contributed by atoms with E-state index in [1.807, 2.05) is 32.0 Å². The third kappa shape index (κ3) is 6.62. The lowest BCUT2D eigenvalue weighted by Gasteiger charge is -2.48. The summed E-state index contributed by atoms with van der Waals surface area (Å²) in [6.07, 6.45) is -1.16. The van der Waals surface area contributed by atoms with Crippen LogP contribution in [0.4, 0.5) is 0 Å². The van der Waals surface area contributed by atoms with Gasteiger partial charge in [0.05, 0.1) is 37.1 Å². The highest BCUT2D eigenvalue weighted by Crippen LogP contribution is 2.42. The topological polar surface area (TPSA) is 85.2 Å². The van der Waals surface area contributed by atoms with Crippen molar-refractivity contribution >= 4 is 14.3 Å². The molecule has 1 heterocycles. The zero-order chi connectivity index (χ0) is 23.4. The quantitative estimate of drug-likeness (QED) is 0.455. The van der Waals surface area contributed by atoms with Gasteiger partial charge in [0, 0.05) is 18.3 Å². The van der Waals surface area contributed by atoms with Crippen LogP contribution >= 0.6 is 0 Å². The monoisotopic (exact) mass is 452 g/mol. The Balaban J connectivity index is 2.19. The van der Waals surface area contributed by atoms with Gasteiger partial charge in [-0.25, -0.2) is 4.79 Å². The van der Waals surface area contributed by atoms with E-state index in [1.54, 1.807) is 12.1 Å². The van der Waals surface area contributed by atoms with Gasteiger partial charge in [0.2, 0.25) is 0 Å². The summed E-state index contributed by atoms with van der Waals surface area (Å²) in [6.45, 7) is 15.0. The van der Waals surface area contributed by atoms with Gasteiger partial charge in [-0.05, 0) is 30.3 Å². The molecule has 176 valence electrons. The second-order valence-corrected chi connectivity index (χ2v) is 15.5. The van der Waals surface area contributed by atoms with Crippen molar-refractivity contribution in [1.29, 1.82) is 0 Å². The minimum atomic E-state index is -1.97. The SMILES string of the molecule is CC1(C)[C@H](OC(=O)c2ccccc2)C[C@@H](CO[Si](C)(C)C(C)(C)C)O[C@@H]1C[C@@H](O)CO. The normalized spacial score (nSPS) is 25.1. The van der Waals surface area contributed by atoms with Gasteiger partial charge in [0.15, 0.2) is 8.32 Å². The smallest absolute Gasteiger partial charge is 0.338 e. The zero-order valence-electron chi connectivity index (χ0n) is 20.1. The minimum Gasteiger partial charge on any atom is -0.458 e. The Labute approximate surface area is 188 Å².